The van der Waals surface area contributed by atoms with Gasteiger partial charge in [0.15, 0.2) is 0 Å². The first-order chi connectivity index (χ1) is 14.1. The highest BCUT2D eigenvalue weighted by Crippen LogP contribution is 2.46. The molecule has 0 radical (unpaired) electrons. The fraction of sp³-hybridized carbons (Fsp3) is 0.565. The summed E-state index contributed by atoms with van der Waals surface area (Å²) in [5.74, 6) is 6.14. The molecule has 3 aliphatic heterocycles. The Balaban J connectivity index is 1.40. The van der Waals surface area contributed by atoms with Crippen LogP contribution in [0, 0.1) is 23.7 Å². The van der Waals surface area contributed by atoms with Crippen molar-refractivity contribution in [1.82, 2.24) is 4.90 Å². The fourth-order valence-corrected chi connectivity index (χ4v) is 4.84. The summed E-state index contributed by atoms with van der Waals surface area (Å²) in [5, 5.41) is 8.70. The van der Waals surface area contributed by atoms with Crippen LogP contribution in [0.4, 0.5) is 4.79 Å². The van der Waals surface area contributed by atoms with Crippen molar-refractivity contribution >= 4 is 12.1 Å². The van der Waals surface area contributed by atoms with E-state index in [0.29, 0.717) is 31.9 Å². The number of benzene rings is 1. The molecule has 29 heavy (non-hydrogen) atoms. The van der Waals surface area contributed by atoms with Crippen LogP contribution in [0.15, 0.2) is 30.3 Å². The van der Waals surface area contributed by atoms with Crippen LogP contribution in [0.25, 0.3) is 0 Å². The third kappa shape index (κ3) is 4.40. The topological polar surface area (TPSA) is 76.1 Å². The highest BCUT2D eigenvalue weighted by Gasteiger charge is 2.50. The molecule has 1 amide bonds. The van der Waals surface area contributed by atoms with E-state index in [1.165, 1.54) is 0 Å². The van der Waals surface area contributed by atoms with Gasteiger partial charge in [-0.3, -0.25) is 9.69 Å². The molecule has 1 N–H and O–H groups in total. The summed E-state index contributed by atoms with van der Waals surface area (Å²) in [4.78, 5) is 24.9. The Morgan fingerprint density at radius 3 is 2.66 bits per heavy atom. The molecule has 3 saturated heterocycles. The molecule has 0 saturated carbocycles. The lowest BCUT2D eigenvalue weighted by Gasteiger charge is -2.32. The molecule has 0 aliphatic carbocycles. The minimum atomic E-state index is -0.779. The third-order valence-electron chi connectivity index (χ3n) is 6.31. The van der Waals surface area contributed by atoms with Crippen molar-refractivity contribution < 1.29 is 24.2 Å². The van der Waals surface area contributed by atoms with Gasteiger partial charge in [0.2, 0.25) is 0 Å². The molecule has 6 heteroatoms. The van der Waals surface area contributed by atoms with E-state index in [1.807, 2.05) is 35.2 Å². The maximum atomic E-state index is 12.4. The van der Waals surface area contributed by atoms with Crippen molar-refractivity contribution in [2.45, 2.75) is 56.8 Å². The average Bonchev–Trinajstić information content (AvgIpc) is 3.42. The molecular formula is C23H27NO5. The Morgan fingerprint density at radius 1 is 1.14 bits per heavy atom. The molecule has 3 heterocycles. The zero-order chi connectivity index (χ0) is 20.2. The minimum absolute atomic E-state index is 0.0504. The number of ether oxygens (including phenoxy) is 2. The third-order valence-corrected chi connectivity index (χ3v) is 6.31. The summed E-state index contributed by atoms with van der Waals surface area (Å²) in [5.41, 5.74) is 1.09. The molecule has 154 valence electrons. The number of fused-ring (bicyclic) bond motifs is 2. The number of unbranched alkanes of at least 4 members (excludes halogenated alkanes) is 1. The molecule has 1 aromatic carbocycles. The number of carbonyl (C=O) groups excluding carboxylic acids is 1. The first-order valence-electron chi connectivity index (χ1n) is 10.4. The molecule has 3 aliphatic rings. The summed E-state index contributed by atoms with van der Waals surface area (Å²) in [6, 6.07) is 9.97. The van der Waals surface area contributed by atoms with Gasteiger partial charge in [-0.2, -0.15) is 0 Å². The van der Waals surface area contributed by atoms with Gasteiger partial charge < -0.3 is 14.6 Å². The van der Waals surface area contributed by atoms with Crippen LogP contribution in [-0.2, 0) is 14.3 Å². The van der Waals surface area contributed by atoms with E-state index in [9.17, 15) is 9.59 Å². The number of hydrogen-bond donors (Lipinski definition) is 1. The molecule has 1 aromatic rings. The van der Waals surface area contributed by atoms with Gasteiger partial charge in [0.05, 0.1) is 18.2 Å². The van der Waals surface area contributed by atoms with Crippen molar-refractivity contribution in [1.29, 1.82) is 0 Å². The number of amides is 1. The SMILES string of the molecule is O=C(O)CCCC#CC[C@H]1[C@@H](CN2C(=O)OCC2c2ccccc2)[C@H]2CC[C@@H]1O2. The van der Waals surface area contributed by atoms with Crippen LogP contribution < -0.4 is 0 Å². The number of nitrogens with zero attached hydrogens (tertiary/aromatic N) is 1. The molecule has 5 atom stereocenters. The maximum Gasteiger partial charge on any atom is 0.410 e. The fourth-order valence-electron chi connectivity index (χ4n) is 4.84. The highest BCUT2D eigenvalue weighted by molar-refractivity contribution is 5.70. The van der Waals surface area contributed by atoms with Crippen LogP contribution in [0.2, 0.25) is 0 Å². The van der Waals surface area contributed by atoms with E-state index in [1.54, 1.807) is 0 Å². The van der Waals surface area contributed by atoms with Crippen molar-refractivity contribution in [3.05, 3.63) is 35.9 Å². The van der Waals surface area contributed by atoms with E-state index >= 15 is 0 Å². The summed E-state index contributed by atoms with van der Waals surface area (Å²) < 4.78 is 11.5. The second-order valence-electron chi connectivity index (χ2n) is 8.08. The van der Waals surface area contributed by atoms with Crippen LogP contribution in [0.5, 0.6) is 0 Å². The lowest BCUT2D eigenvalue weighted by Crippen LogP contribution is -2.39. The standard InChI is InChI=1S/C23H27NO5/c25-22(26)11-7-2-1-6-10-17-18(21-13-12-20(17)29-21)14-24-19(15-28-23(24)27)16-8-4-3-5-9-16/h3-5,8-9,17-21H,2,7,10-15H2,(H,25,26)/t17-,18+,19?,20-,21+/m0/s1. The van der Waals surface area contributed by atoms with Gasteiger partial charge in [-0.05, 0) is 24.8 Å². The van der Waals surface area contributed by atoms with Gasteiger partial charge in [0, 0.05) is 37.6 Å². The molecule has 1 unspecified atom stereocenters. The maximum absolute atomic E-state index is 12.4. The van der Waals surface area contributed by atoms with Crippen molar-refractivity contribution in [3.63, 3.8) is 0 Å². The number of carboxylic acids is 1. The predicted octanol–water partition coefficient (Wildman–Crippen LogP) is 3.62. The normalized spacial score (nSPS) is 30.1. The zero-order valence-electron chi connectivity index (χ0n) is 16.5. The molecule has 6 nitrogen and oxygen atoms in total. The second kappa shape index (κ2) is 8.87. The zero-order valence-corrected chi connectivity index (χ0v) is 16.5. The lowest BCUT2D eigenvalue weighted by atomic mass is 9.77. The predicted molar refractivity (Wildman–Crippen MR) is 106 cm³/mol. The van der Waals surface area contributed by atoms with Crippen molar-refractivity contribution in [2.24, 2.45) is 11.8 Å². The van der Waals surface area contributed by atoms with Gasteiger partial charge in [0.25, 0.3) is 0 Å². The summed E-state index contributed by atoms with van der Waals surface area (Å²) >= 11 is 0. The molecule has 2 bridgehead atoms. The van der Waals surface area contributed by atoms with Gasteiger partial charge in [-0.25, -0.2) is 4.79 Å². The Hall–Kier alpha value is -2.52. The largest absolute Gasteiger partial charge is 0.481 e. The van der Waals surface area contributed by atoms with Crippen LogP contribution >= 0.6 is 0 Å². The number of carboxylic acid groups (broad SMARTS) is 1. The van der Waals surface area contributed by atoms with Gasteiger partial charge in [-0.15, -0.1) is 11.8 Å². The van der Waals surface area contributed by atoms with Gasteiger partial charge >= 0.3 is 12.1 Å². The first-order valence-corrected chi connectivity index (χ1v) is 10.4. The molecule has 0 spiro atoms. The van der Waals surface area contributed by atoms with E-state index in [4.69, 9.17) is 14.6 Å². The highest BCUT2D eigenvalue weighted by atomic mass is 16.6. The number of aliphatic carboxylic acids is 1. The lowest BCUT2D eigenvalue weighted by molar-refractivity contribution is -0.137. The minimum Gasteiger partial charge on any atom is -0.481 e. The number of cyclic esters (lactones) is 1. The number of rotatable bonds is 7. The van der Waals surface area contributed by atoms with E-state index < -0.39 is 5.97 Å². The van der Waals surface area contributed by atoms with Crippen LogP contribution in [0.1, 0.15) is 50.1 Å². The van der Waals surface area contributed by atoms with Crippen LogP contribution in [0.3, 0.4) is 0 Å². The second-order valence-corrected chi connectivity index (χ2v) is 8.08. The van der Waals surface area contributed by atoms with Gasteiger partial charge in [-0.1, -0.05) is 30.3 Å². The summed E-state index contributed by atoms with van der Waals surface area (Å²) in [6.07, 6.45) is 4.32. The number of carbonyl (C=O) groups is 2. The van der Waals surface area contributed by atoms with Gasteiger partial charge in [0.1, 0.15) is 6.61 Å². The Bertz CT molecular complexity index is 798. The summed E-state index contributed by atoms with van der Waals surface area (Å²) in [7, 11) is 0. The monoisotopic (exact) mass is 397 g/mol. The first kappa shape index (κ1) is 19.8. The van der Waals surface area contributed by atoms with E-state index in [-0.39, 0.29) is 36.7 Å². The Kier molecular flexibility index (Phi) is 6.05. The smallest absolute Gasteiger partial charge is 0.410 e. The van der Waals surface area contributed by atoms with E-state index in [2.05, 4.69) is 11.8 Å². The average molecular weight is 397 g/mol. The molecule has 0 aromatic heterocycles. The van der Waals surface area contributed by atoms with Crippen molar-refractivity contribution in [3.8, 4) is 11.8 Å². The molecule has 3 fully saturated rings. The van der Waals surface area contributed by atoms with Crippen molar-refractivity contribution in [2.75, 3.05) is 13.2 Å². The van der Waals surface area contributed by atoms with Crippen LogP contribution in [-0.4, -0.2) is 47.4 Å². The van der Waals surface area contributed by atoms with E-state index in [0.717, 1.165) is 24.8 Å². The Labute approximate surface area is 171 Å². The molecule has 4 rings (SSSR count). The Morgan fingerprint density at radius 2 is 1.90 bits per heavy atom. The molecular weight excluding hydrogens is 370 g/mol. The quantitative estimate of drug-likeness (QED) is 0.562. The number of hydrogen-bond acceptors (Lipinski definition) is 4. The summed E-state index contributed by atoms with van der Waals surface area (Å²) in [6.45, 7) is 1.02.